The molecule has 1 heterocycles. The van der Waals surface area contributed by atoms with Gasteiger partial charge in [-0.05, 0) is 36.4 Å². The number of oxazole rings is 1. The van der Waals surface area contributed by atoms with Crippen LogP contribution in [-0.4, -0.2) is 11.3 Å². The number of para-hydroxylation sites is 2. The molecule has 0 radical (unpaired) electrons. The summed E-state index contributed by atoms with van der Waals surface area (Å²) in [6.07, 6.45) is -3.22. The number of nitrogens with zero attached hydrogens (tertiary/aromatic N) is 1. The molecule has 0 aliphatic rings. The molecule has 3 rings (SSSR count). The van der Waals surface area contributed by atoms with E-state index in [-0.39, 0.29) is 18.0 Å². The summed E-state index contributed by atoms with van der Waals surface area (Å²) in [6.45, 7) is 0.103. The number of hydrogen-bond acceptors (Lipinski definition) is 4. The van der Waals surface area contributed by atoms with Crippen LogP contribution in [0, 0.1) is 0 Å². The fraction of sp³-hybridized carbons (Fsp3) is 0.118. The Kier molecular flexibility index (Phi) is 4.85. The first-order chi connectivity index (χ1) is 11.9. The molecule has 25 heavy (non-hydrogen) atoms. The zero-order valence-corrected chi connectivity index (χ0v) is 13.4. The summed E-state index contributed by atoms with van der Waals surface area (Å²) in [5.41, 5.74) is 0.982. The second-order valence-corrected chi connectivity index (χ2v) is 5.46. The van der Waals surface area contributed by atoms with E-state index < -0.39 is 6.36 Å². The predicted molar refractivity (Wildman–Crippen MR) is 87.4 cm³/mol. The molecule has 1 N–H and O–H groups in total. The highest BCUT2D eigenvalue weighted by molar-refractivity contribution is 6.30. The van der Waals surface area contributed by atoms with Gasteiger partial charge < -0.3 is 14.5 Å². The largest absolute Gasteiger partial charge is 0.573 e. The third kappa shape index (κ3) is 4.67. The maximum absolute atomic E-state index is 12.4. The fourth-order valence-corrected chi connectivity index (χ4v) is 2.26. The van der Waals surface area contributed by atoms with Gasteiger partial charge in [0.1, 0.15) is 0 Å². The van der Waals surface area contributed by atoms with Crippen molar-refractivity contribution in [1.29, 1.82) is 0 Å². The standard InChI is InChI=1S/C17H12ClF3N2O2/c18-12-7-5-11(6-8-12)15-9-23-16(24-15)10-22-13-3-1-2-4-14(13)25-17(19,20)21/h1-9,22H,10H2. The molecule has 0 bridgehead atoms. The highest BCUT2D eigenvalue weighted by Gasteiger charge is 2.32. The van der Waals surface area contributed by atoms with E-state index in [0.29, 0.717) is 16.7 Å². The smallest absolute Gasteiger partial charge is 0.439 e. The molecule has 2 aromatic carbocycles. The number of aromatic nitrogens is 1. The third-order valence-corrected chi connectivity index (χ3v) is 3.48. The first kappa shape index (κ1) is 17.2. The van der Waals surface area contributed by atoms with E-state index in [9.17, 15) is 13.2 Å². The molecule has 0 amide bonds. The molecule has 130 valence electrons. The average molecular weight is 369 g/mol. The van der Waals surface area contributed by atoms with E-state index in [1.807, 2.05) is 0 Å². The summed E-state index contributed by atoms with van der Waals surface area (Å²) in [4.78, 5) is 4.11. The van der Waals surface area contributed by atoms with Crippen LogP contribution >= 0.6 is 11.6 Å². The number of rotatable bonds is 5. The lowest BCUT2D eigenvalue weighted by Crippen LogP contribution is -2.18. The maximum Gasteiger partial charge on any atom is 0.573 e. The summed E-state index contributed by atoms with van der Waals surface area (Å²) in [5.74, 6) is 0.541. The number of halogens is 4. The van der Waals surface area contributed by atoms with E-state index in [0.717, 1.165) is 5.56 Å². The van der Waals surface area contributed by atoms with Crippen molar-refractivity contribution in [3.63, 3.8) is 0 Å². The monoisotopic (exact) mass is 368 g/mol. The summed E-state index contributed by atoms with van der Waals surface area (Å²) in [7, 11) is 0. The van der Waals surface area contributed by atoms with Crippen LogP contribution in [0.4, 0.5) is 18.9 Å². The minimum absolute atomic E-state index is 0.103. The van der Waals surface area contributed by atoms with Crippen molar-refractivity contribution in [1.82, 2.24) is 4.98 Å². The molecule has 8 heteroatoms. The summed E-state index contributed by atoms with van der Waals surface area (Å²) in [5, 5.41) is 3.43. The molecule has 0 aliphatic heterocycles. The van der Waals surface area contributed by atoms with E-state index in [2.05, 4.69) is 15.0 Å². The Balaban J connectivity index is 1.70. The molecule has 0 atom stereocenters. The average Bonchev–Trinajstić information content (AvgIpc) is 3.02. The SMILES string of the molecule is FC(F)(F)Oc1ccccc1NCc1ncc(-c2ccc(Cl)cc2)o1. The predicted octanol–water partition coefficient (Wildman–Crippen LogP) is 5.51. The van der Waals surface area contributed by atoms with Crippen molar-refractivity contribution < 1.29 is 22.3 Å². The third-order valence-electron chi connectivity index (χ3n) is 3.23. The van der Waals surface area contributed by atoms with Crippen LogP contribution in [0.5, 0.6) is 5.75 Å². The molecular weight excluding hydrogens is 357 g/mol. The molecule has 1 aromatic heterocycles. The van der Waals surface area contributed by atoms with Gasteiger partial charge >= 0.3 is 6.36 Å². The van der Waals surface area contributed by atoms with Crippen molar-refractivity contribution in [2.24, 2.45) is 0 Å². The fourth-order valence-electron chi connectivity index (χ4n) is 2.14. The van der Waals surface area contributed by atoms with E-state index in [4.69, 9.17) is 16.0 Å². The number of anilines is 1. The number of alkyl halides is 3. The van der Waals surface area contributed by atoms with Crippen LogP contribution in [0.3, 0.4) is 0 Å². The van der Waals surface area contributed by atoms with Gasteiger partial charge in [-0.2, -0.15) is 0 Å². The molecule has 0 unspecified atom stereocenters. The maximum atomic E-state index is 12.4. The molecule has 0 spiro atoms. The first-order valence-electron chi connectivity index (χ1n) is 7.20. The number of benzene rings is 2. The highest BCUT2D eigenvalue weighted by atomic mass is 35.5. The second-order valence-electron chi connectivity index (χ2n) is 5.02. The van der Waals surface area contributed by atoms with Crippen LogP contribution in [0.2, 0.25) is 5.02 Å². The quantitative estimate of drug-likeness (QED) is 0.645. The van der Waals surface area contributed by atoms with Gasteiger partial charge in [-0.1, -0.05) is 23.7 Å². The Morgan fingerprint density at radius 1 is 1.08 bits per heavy atom. The zero-order chi connectivity index (χ0) is 17.9. The molecule has 3 aromatic rings. The van der Waals surface area contributed by atoms with Gasteiger partial charge in [0.25, 0.3) is 0 Å². The summed E-state index contributed by atoms with van der Waals surface area (Å²) >= 11 is 5.83. The van der Waals surface area contributed by atoms with Crippen molar-refractivity contribution in [3.8, 4) is 17.1 Å². The Bertz CT molecular complexity index is 848. The van der Waals surface area contributed by atoms with Gasteiger partial charge in [0.2, 0.25) is 5.89 Å². The van der Waals surface area contributed by atoms with Gasteiger partial charge in [0.15, 0.2) is 11.5 Å². The number of nitrogens with one attached hydrogen (secondary N) is 1. The van der Waals surface area contributed by atoms with Crippen molar-refractivity contribution in [2.75, 3.05) is 5.32 Å². The summed E-state index contributed by atoms with van der Waals surface area (Å²) < 4.78 is 46.8. The molecule has 0 saturated heterocycles. The Labute approximate surface area is 146 Å². The summed E-state index contributed by atoms with van der Waals surface area (Å²) in [6, 6.07) is 12.8. The molecule has 0 saturated carbocycles. The minimum Gasteiger partial charge on any atom is -0.439 e. The van der Waals surface area contributed by atoms with E-state index >= 15 is 0 Å². The normalized spacial score (nSPS) is 11.4. The number of hydrogen-bond donors (Lipinski definition) is 1. The lowest BCUT2D eigenvalue weighted by atomic mass is 10.2. The Hall–Kier alpha value is -2.67. The van der Waals surface area contributed by atoms with Crippen molar-refractivity contribution in [3.05, 3.63) is 65.6 Å². The van der Waals surface area contributed by atoms with Crippen LogP contribution in [0.1, 0.15) is 5.89 Å². The molecule has 0 aliphatic carbocycles. The van der Waals surface area contributed by atoms with Crippen LogP contribution in [0.25, 0.3) is 11.3 Å². The molecule has 0 fully saturated rings. The molecular formula is C17H12ClF3N2O2. The topological polar surface area (TPSA) is 47.3 Å². The zero-order valence-electron chi connectivity index (χ0n) is 12.7. The lowest BCUT2D eigenvalue weighted by Gasteiger charge is -2.13. The highest BCUT2D eigenvalue weighted by Crippen LogP contribution is 2.30. The van der Waals surface area contributed by atoms with Crippen molar-refractivity contribution >= 4 is 17.3 Å². The van der Waals surface area contributed by atoms with Gasteiger partial charge in [0, 0.05) is 10.6 Å². The van der Waals surface area contributed by atoms with Crippen LogP contribution < -0.4 is 10.1 Å². The van der Waals surface area contributed by atoms with Gasteiger partial charge in [-0.3, -0.25) is 0 Å². The lowest BCUT2D eigenvalue weighted by molar-refractivity contribution is -0.274. The van der Waals surface area contributed by atoms with Crippen LogP contribution in [-0.2, 0) is 6.54 Å². The second kappa shape index (κ2) is 7.06. The Morgan fingerprint density at radius 3 is 2.52 bits per heavy atom. The van der Waals surface area contributed by atoms with Gasteiger partial charge in [-0.25, -0.2) is 4.98 Å². The number of ether oxygens (including phenoxy) is 1. The first-order valence-corrected chi connectivity index (χ1v) is 7.58. The van der Waals surface area contributed by atoms with Crippen LogP contribution in [0.15, 0.2) is 59.1 Å². The van der Waals surface area contributed by atoms with Crippen molar-refractivity contribution in [2.45, 2.75) is 12.9 Å². The van der Waals surface area contributed by atoms with Gasteiger partial charge in [-0.15, -0.1) is 13.2 Å². The minimum atomic E-state index is -4.76. The van der Waals surface area contributed by atoms with Gasteiger partial charge in [0.05, 0.1) is 18.4 Å². The van der Waals surface area contributed by atoms with E-state index in [1.165, 1.54) is 18.2 Å². The molecule has 4 nitrogen and oxygen atoms in total. The Morgan fingerprint density at radius 2 is 1.80 bits per heavy atom. The van der Waals surface area contributed by atoms with E-state index in [1.54, 1.807) is 36.5 Å².